The predicted octanol–water partition coefficient (Wildman–Crippen LogP) is 3.30. The zero-order valence-electron chi connectivity index (χ0n) is 11.1. The van der Waals surface area contributed by atoms with Crippen LogP contribution in [0.3, 0.4) is 0 Å². The van der Waals surface area contributed by atoms with Gasteiger partial charge in [-0.1, -0.05) is 12.8 Å². The predicted molar refractivity (Wildman–Crippen MR) is 79.6 cm³/mol. The molecule has 1 N–H and O–H groups in total. The summed E-state index contributed by atoms with van der Waals surface area (Å²) in [6, 6.07) is 6.89. The molecule has 0 radical (unpaired) electrons. The quantitative estimate of drug-likeness (QED) is 0.868. The number of benzene rings is 1. The zero-order chi connectivity index (χ0) is 13.9. The van der Waals surface area contributed by atoms with Gasteiger partial charge in [-0.25, -0.2) is 8.42 Å². The molecule has 19 heavy (non-hydrogen) atoms. The minimum absolute atomic E-state index is 0.261. The molecule has 1 aliphatic carbocycles. The number of hydrogen-bond acceptors (Lipinski definition) is 3. The summed E-state index contributed by atoms with van der Waals surface area (Å²) in [6.45, 7) is 0.854. The van der Waals surface area contributed by atoms with Crippen molar-refractivity contribution in [2.75, 3.05) is 18.1 Å². The fourth-order valence-electron chi connectivity index (χ4n) is 2.46. The molecule has 1 aliphatic rings. The molecule has 1 fully saturated rings. The van der Waals surface area contributed by atoms with Crippen molar-refractivity contribution in [2.24, 2.45) is 5.92 Å². The molecule has 2 unspecified atom stereocenters. The SMILES string of the molecule is CS(=O)(=O)c1ccc(NCC2CCCCC2Cl)cc1. The van der Waals surface area contributed by atoms with Crippen LogP contribution in [0.5, 0.6) is 0 Å². The van der Waals surface area contributed by atoms with Crippen LogP contribution in [0.25, 0.3) is 0 Å². The van der Waals surface area contributed by atoms with Crippen LogP contribution in [0.4, 0.5) is 5.69 Å². The van der Waals surface area contributed by atoms with Gasteiger partial charge in [0.1, 0.15) is 0 Å². The first-order chi connectivity index (χ1) is 8.97. The highest BCUT2D eigenvalue weighted by atomic mass is 35.5. The lowest BCUT2D eigenvalue weighted by Crippen LogP contribution is -2.26. The Morgan fingerprint density at radius 1 is 1.21 bits per heavy atom. The Bertz CT molecular complexity index is 513. The molecule has 1 aromatic rings. The summed E-state index contributed by atoms with van der Waals surface area (Å²) in [4.78, 5) is 0.353. The van der Waals surface area contributed by atoms with Gasteiger partial charge < -0.3 is 5.32 Å². The maximum absolute atomic E-state index is 11.4. The molecule has 0 amide bonds. The Morgan fingerprint density at radius 3 is 2.42 bits per heavy atom. The average molecular weight is 302 g/mol. The van der Waals surface area contributed by atoms with Gasteiger partial charge >= 0.3 is 0 Å². The van der Waals surface area contributed by atoms with Crippen molar-refractivity contribution in [3.63, 3.8) is 0 Å². The van der Waals surface area contributed by atoms with E-state index in [9.17, 15) is 8.42 Å². The van der Waals surface area contributed by atoms with Crippen molar-refractivity contribution in [1.82, 2.24) is 0 Å². The van der Waals surface area contributed by atoms with E-state index in [1.54, 1.807) is 12.1 Å². The van der Waals surface area contributed by atoms with Gasteiger partial charge in [0.15, 0.2) is 9.84 Å². The summed E-state index contributed by atoms with van der Waals surface area (Å²) in [7, 11) is -3.11. The van der Waals surface area contributed by atoms with Crippen LogP contribution in [0.1, 0.15) is 25.7 Å². The molecule has 0 saturated heterocycles. The molecule has 0 aliphatic heterocycles. The van der Waals surface area contributed by atoms with Crippen molar-refractivity contribution in [3.05, 3.63) is 24.3 Å². The van der Waals surface area contributed by atoms with Crippen LogP contribution in [0, 0.1) is 5.92 Å². The number of alkyl halides is 1. The lowest BCUT2D eigenvalue weighted by atomic mass is 9.88. The molecule has 3 nitrogen and oxygen atoms in total. The van der Waals surface area contributed by atoms with Crippen molar-refractivity contribution >= 4 is 27.1 Å². The first kappa shape index (κ1) is 14.7. The van der Waals surface area contributed by atoms with E-state index < -0.39 is 9.84 Å². The summed E-state index contributed by atoms with van der Waals surface area (Å²) in [5.41, 5.74) is 0.946. The first-order valence-electron chi connectivity index (χ1n) is 6.65. The van der Waals surface area contributed by atoms with E-state index in [0.29, 0.717) is 10.8 Å². The number of anilines is 1. The second kappa shape index (κ2) is 6.14. The molecule has 0 heterocycles. The summed E-state index contributed by atoms with van der Waals surface area (Å²) in [5, 5.41) is 3.60. The standard InChI is InChI=1S/C14H20ClNO2S/c1-19(17,18)13-8-6-12(7-9-13)16-10-11-4-2-3-5-14(11)15/h6-9,11,14,16H,2-5,10H2,1H3. The van der Waals surface area contributed by atoms with E-state index in [4.69, 9.17) is 11.6 Å². The Balaban J connectivity index is 1.93. The van der Waals surface area contributed by atoms with E-state index in [-0.39, 0.29) is 5.38 Å². The molecular weight excluding hydrogens is 282 g/mol. The molecule has 0 bridgehead atoms. The molecule has 2 atom stereocenters. The minimum atomic E-state index is -3.11. The van der Waals surface area contributed by atoms with E-state index in [1.807, 2.05) is 12.1 Å². The molecule has 1 aromatic carbocycles. The van der Waals surface area contributed by atoms with Crippen molar-refractivity contribution in [3.8, 4) is 0 Å². The van der Waals surface area contributed by atoms with Crippen LogP contribution in [-0.4, -0.2) is 26.6 Å². The van der Waals surface area contributed by atoms with Crippen molar-refractivity contribution in [1.29, 1.82) is 0 Å². The minimum Gasteiger partial charge on any atom is -0.385 e. The maximum atomic E-state index is 11.4. The topological polar surface area (TPSA) is 46.2 Å². The van der Waals surface area contributed by atoms with Crippen LogP contribution >= 0.6 is 11.6 Å². The summed E-state index contributed by atoms with van der Waals surface area (Å²) in [5.74, 6) is 0.505. The van der Waals surface area contributed by atoms with Gasteiger partial charge in [0.25, 0.3) is 0 Å². The third kappa shape index (κ3) is 4.11. The van der Waals surface area contributed by atoms with Gasteiger partial charge in [-0.2, -0.15) is 0 Å². The van der Waals surface area contributed by atoms with Gasteiger partial charge in [0.2, 0.25) is 0 Å². The highest BCUT2D eigenvalue weighted by Gasteiger charge is 2.22. The fourth-order valence-corrected chi connectivity index (χ4v) is 3.46. The Hall–Kier alpha value is -0.740. The molecule has 106 valence electrons. The molecule has 5 heteroatoms. The van der Waals surface area contributed by atoms with E-state index in [0.717, 1.165) is 18.7 Å². The number of nitrogens with one attached hydrogen (secondary N) is 1. The third-order valence-electron chi connectivity index (χ3n) is 3.67. The maximum Gasteiger partial charge on any atom is 0.175 e. The van der Waals surface area contributed by atoms with Gasteiger partial charge in [-0.05, 0) is 43.0 Å². The fraction of sp³-hybridized carbons (Fsp3) is 0.571. The summed E-state index contributed by atoms with van der Waals surface area (Å²) >= 11 is 6.31. The normalized spacial score (nSPS) is 24.1. The highest BCUT2D eigenvalue weighted by Crippen LogP contribution is 2.28. The van der Waals surface area contributed by atoms with Crippen LogP contribution in [0.15, 0.2) is 29.2 Å². The lowest BCUT2D eigenvalue weighted by molar-refractivity contribution is 0.380. The van der Waals surface area contributed by atoms with Crippen LogP contribution in [0.2, 0.25) is 0 Å². The smallest absolute Gasteiger partial charge is 0.175 e. The third-order valence-corrected chi connectivity index (χ3v) is 5.37. The summed E-state index contributed by atoms with van der Waals surface area (Å²) < 4.78 is 22.7. The van der Waals surface area contributed by atoms with Crippen molar-refractivity contribution in [2.45, 2.75) is 36.0 Å². The Kier molecular flexibility index (Phi) is 4.74. The van der Waals surface area contributed by atoms with Gasteiger partial charge in [0, 0.05) is 23.9 Å². The molecule has 1 saturated carbocycles. The lowest BCUT2D eigenvalue weighted by Gasteiger charge is -2.27. The zero-order valence-corrected chi connectivity index (χ0v) is 12.7. The van der Waals surface area contributed by atoms with Gasteiger partial charge in [0.05, 0.1) is 4.90 Å². The number of hydrogen-bond donors (Lipinski definition) is 1. The van der Waals surface area contributed by atoms with Gasteiger partial charge in [-0.3, -0.25) is 0 Å². The Morgan fingerprint density at radius 2 is 1.84 bits per heavy atom. The van der Waals surface area contributed by atoms with Gasteiger partial charge in [-0.15, -0.1) is 11.6 Å². The Labute approximate surface area is 120 Å². The largest absolute Gasteiger partial charge is 0.385 e. The molecule has 2 rings (SSSR count). The van der Waals surface area contributed by atoms with E-state index >= 15 is 0 Å². The average Bonchev–Trinajstić information content (AvgIpc) is 2.37. The molecule has 0 spiro atoms. The highest BCUT2D eigenvalue weighted by molar-refractivity contribution is 7.90. The second-order valence-electron chi connectivity index (χ2n) is 5.24. The van der Waals surface area contributed by atoms with Crippen LogP contribution < -0.4 is 5.32 Å². The number of sulfone groups is 1. The van der Waals surface area contributed by atoms with E-state index in [1.165, 1.54) is 25.5 Å². The van der Waals surface area contributed by atoms with E-state index in [2.05, 4.69) is 5.32 Å². The molecule has 0 aromatic heterocycles. The first-order valence-corrected chi connectivity index (χ1v) is 8.97. The van der Waals surface area contributed by atoms with Crippen molar-refractivity contribution < 1.29 is 8.42 Å². The number of halogens is 1. The number of rotatable bonds is 4. The second-order valence-corrected chi connectivity index (χ2v) is 7.81. The van der Waals surface area contributed by atoms with Crippen LogP contribution in [-0.2, 0) is 9.84 Å². The summed E-state index contributed by atoms with van der Waals surface area (Å²) in [6.07, 6.45) is 5.97. The molecular formula is C14H20ClNO2S. The monoisotopic (exact) mass is 301 g/mol.